The number of aromatic hydroxyl groups is 1. The van der Waals surface area contributed by atoms with Crippen LogP contribution >= 0.6 is 0 Å². The highest BCUT2D eigenvalue weighted by molar-refractivity contribution is 5.31. The fourth-order valence-electron chi connectivity index (χ4n) is 3.11. The van der Waals surface area contributed by atoms with Gasteiger partial charge < -0.3 is 35.1 Å². The molecule has 7 nitrogen and oxygen atoms in total. The largest absolute Gasteiger partial charge is 0.508 e. The van der Waals surface area contributed by atoms with E-state index in [0.717, 1.165) is 5.56 Å². The Hall–Kier alpha value is -1.22. The van der Waals surface area contributed by atoms with Crippen molar-refractivity contribution in [2.75, 3.05) is 26.9 Å². The zero-order valence-electron chi connectivity index (χ0n) is 13.1. The molecule has 2 bridgehead atoms. The number of aliphatic hydroxyl groups excluding tert-OH is 1. The number of aliphatic hydroxyl groups is 1. The standard InChI is InChI=1S/C16H24N2O5/c1-21-7-6-17-14-15(20)13(12-9-22-16(14)23-12)18-8-10-4-2-3-5-11(10)19/h2-5,12-20H,6-9H2,1H3/t12-,13+,14-,15-,16+/m0/s1. The number of para-hydroxylation sites is 1. The molecular weight excluding hydrogens is 300 g/mol. The number of hydrogen-bond acceptors (Lipinski definition) is 7. The minimum Gasteiger partial charge on any atom is -0.508 e. The molecule has 0 aromatic heterocycles. The van der Waals surface area contributed by atoms with Crippen molar-refractivity contribution in [3.05, 3.63) is 29.8 Å². The normalized spacial score (nSPS) is 33.0. The van der Waals surface area contributed by atoms with Crippen molar-refractivity contribution >= 4 is 0 Å². The predicted octanol–water partition coefficient (Wildman–Crippen LogP) is -0.429. The van der Waals surface area contributed by atoms with Crippen molar-refractivity contribution in [3.8, 4) is 5.75 Å². The maximum Gasteiger partial charge on any atom is 0.176 e. The zero-order chi connectivity index (χ0) is 16.2. The third-order valence-corrected chi connectivity index (χ3v) is 4.37. The molecule has 0 saturated carbocycles. The molecule has 0 spiro atoms. The first-order valence-electron chi connectivity index (χ1n) is 7.88. The number of phenols is 1. The Morgan fingerprint density at radius 3 is 2.87 bits per heavy atom. The van der Waals surface area contributed by atoms with E-state index in [2.05, 4.69) is 10.6 Å². The van der Waals surface area contributed by atoms with Crippen LogP contribution in [0.1, 0.15) is 5.56 Å². The summed E-state index contributed by atoms with van der Waals surface area (Å²) in [5.41, 5.74) is 0.782. The number of rotatable bonds is 7. The predicted molar refractivity (Wildman–Crippen MR) is 83.0 cm³/mol. The fraction of sp³-hybridized carbons (Fsp3) is 0.625. The molecule has 0 aliphatic carbocycles. The van der Waals surface area contributed by atoms with Gasteiger partial charge in [-0.25, -0.2) is 0 Å². The van der Waals surface area contributed by atoms with E-state index in [4.69, 9.17) is 14.2 Å². The first-order valence-corrected chi connectivity index (χ1v) is 7.88. The average molecular weight is 324 g/mol. The van der Waals surface area contributed by atoms with E-state index in [1.165, 1.54) is 0 Å². The number of hydrogen-bond donors (Lipinski definition) is 4. The Balaban J connectivity index is 1.62. The molecule has 2 heterocycles. The molecule has 1 aromatic rings. The highest BCUT2D eigenvalue weighted by Crippen LogP contribution is 2.28. The number of methoxy groups -OCH3 is 1. The molecule has 2 fully saturated rings. The number of fused-ring (bicyclic) bond motifs is 2. The van der Waals surface area contributed by atoms with Gasteiger partial charge in [0.2, 0.25) is 0 Å². The van der Waals surface area contributed by atoms with Gasteiger partial charge in [0.25, 0.3) is 0 Å². The summed E-state index contributed by atoms with van der Waals surface area (Å²) in [6.45, 7) is 2.06. The van der Waals surface area contributed by atoms with Gasteiger partial charge in [-0.15, -0.1) is 0 Å². The van der Waals surface area contributed by atoms with Gasteiger partial charge in [-0.2, -0.15) is 0 Å². The van der Waals surface area contributed by atoms with Gasteiger partial charge in [-0.3, -0.25) is 0 Å². The Labute approximate surface area is 135 Å². The molecule has 4 N–H and O–H groups in total. The van der Waals surface area contributed by atoms with Crippen LogP contribution in [0.5, 0.6) is 5.75 Å². The summed E-state index contributed by atoms with van der Waals surface area (Å²) in [6, 6.07) is 6.56. The Morgan fingerprint density at radius 1 is 1.26 bits per heavy atom. The SMILES string of the molecule is COCCN[C@@H]1[C@@H]2OC[C@H](O2)[C@@H](NCc2ccccc2O)[C@@H]1O. The molecule has 3 rings (SSSR count). The van der Waals surface area contributed by atoms with Crippen molar-refractivity contribution in [1.29, 1.82) is 0 Å². The highest BCUT2D eigenvalue weighted by atomic mass is 16.7. The van der Waals surface area contributed by atoms with Gasteiger partial charge >= 0.3 is 0 Å². The smallest absolute Gasteiger partial charge is 0.176 e. The molecule has 7 heteroatoms. The maximum absolute atomic E-state index is 10.7. The second kappa shape index (κ2) is 7.57. The summed E-state index contributed by atoms with van der Waals surface area (Å²) in [5.74, 6) is 0.238. The lowest BCUT2D eigenvalue weighted by atomic mass is 9.95. The van der Waals surface area contributed by atoms with Crippen molar-refractivity contribution in [2.24, 2.45) is 0 Å². The summed E-state index contributed by atoms with van der Waals surface area (Å²) in [5, 5.41) is 27.0. The summed E-state index contributed by atoms with van der Waals surface area (Å²) in [4.78, 5) is 0. The topological polar surface area (TPSA) is 92.2 Å². The van der Waals surface area contributed by atoms with Crippen LogP contribution in [0.2, 0.25) is 0 Å². The highest BCUT2D eigenvalue weighted by Gasteiger charge is 2.49. The third-order valence-electron chi connectivity index (χ3n) is 4.37. The Morgan fingerprint density at radius 2 is 2.09 bits per heavy atom. The number of benzene rings is 1. The van der Waals surface area contributed by atoms with E-state index in [1.807, 2.05) is 12.1 Å². The van der Waals surface area contributed by atoms with Crippen LogP contribution in [0.25, 0.3) is 0 Å². The van der Waals surface area contributed by atoms with E-state index >= 15 is 0 Å². The quantitative estimate of drug-likeness (QED) is 0.506. The van der Waals surface area contributed by atoms with E-state index < -0.39 is 12.4 Å². The van der Waals surface area contributed by atoms with E-state index in [9.17, 15) is 10.2 Å². The molecule has 128 valence electrons. The van der Waals surface area contributed by atoms with Crippen LogP contribution in [0.3, 0.4) is 0 Å². The lowest BCUT2D eigenvalue weighted by Gasteiger charge is -2.39. The summed E-state index contributed by atoms with van der Waals surface area (Å²) in [6.07, 6.45) is -1.28. The van der Waals surface area contributed by atoms with Crippen LogP contribution < -0.4 is 10.6 Å². The minimum absolute atomic E-state index is 0.193. The van der Waals surface area contributed by atoms with Gasteiger partial charge in [-0.05, 0) is 6.07 Å². The van der Waals surface area contributed by atoms with Crippen LogP contribution in [-0.2, 0) is 20.8 Å². The first kappa shape index (κ1) is 16.6. The number of nitrogens with one attached hydrogen (secondary N) is 2. The van der Waals surface area contributed by atoms with Crippen molar-refractivity contribution in [3.63, 3.8) is 0 Å². The molecule has 23 heavy (non-hydrogen) atoms. The monoisotopic (exact) mass is 324 g/mol. The van der Waals surface area contributed by atoms with E-state index in [1.54, 1.807) is 19.2 Å². The van der Waals surface area contributed by atoms with Crippen LogP contribution in [0.4, 0.5) is 0 Å². The molecule has 0 unspecified atom stereocenters. The third kappa shape index (κ3) is 3.65. The summed E-state index contributed by atoms with van der Waals surface area (Å²) >= 11 is 0. The summed E-state index contributed by atoms with van der Waals surface area (Å²) < 4.78 is 16.5. The second-order valence-corrected chi connectivity index (χ2v) is 5.87. The average Bonchev–Trinajstić information content (AvgIpc) is 2.98. The van der Waals surface area contributed by atoms with Crippen molar-refractivity contribution < 1.29 is 24.4 Å². The fourth-order valence-corrected chi connectivity index (χ4v) is 3.11. The molecule has 0 amide bonds. The van der Waals surface area contributed by atoms with Gasteiger partial charge in [0, 0.05) is 25.8 Å². The molecular formula is C16H24N2O5. The molecule has 2 aliphatic heterocycles. The van der Waals surface area contributed by atoms with Crippen LogP contribution in [-0.4, -0.2) is 67.7 Å². The molecule has 2 saturated heterocycles. The van der Waals surface area contributed by atoms with Crippen LogP contribution in [0.15, 0.2) is 24.3 Å². The molecule has 0 radical (unpaired) electrons. The number of phenolic OH excluding ortho intramolecular Hbond substituents is 1. The number of ether oxygens (including phenoxy) is 3. The first-order chi connectivity index (χ1) is 11.2. The van der Waals surface area contributed by atoms with Crippen molar-refractivity contribution in [2.45, 2.75) is 37.1 Å². The van der Waals surface area contributed by atoms with Gasteiger partial charge in [0.05, 0.1) is 31.4 Å². The lowest BCUT2D eigenvalue weighted by molar-refractivity contribution is -0.153. The van der Waals surface area contributed by atoms with Gasteiger partial charge in [0.15, 0.2) is 6.29 Å². The van der Waals surface area contributed by atoms with E-state index in [0.29, 0.717) is 26.3 Å². The van der Waals surface area contributed by atoms with Crippen molar-refractivity contribution in [1.82, 2.24) is 10.6 Å². The van der Waals surface area contributed by atoms with Gasteiger partial charge in [0.1, 0.15) is 11.9 Å². The maximum atomic E-state index is 10.7. The van der Waals surface area contributed by atoms with Crippen LogP contribution in [0, 0.1) is 0 Å². The zero-order valence-corrected chi connectivity index (χ0v) is 13.1. The molecule has 1 aromatic carbocycles. The molecule has 5 atom stereocenters. The lowest BCUT2D eigenvalue weighted by Crippen LogP contribution is -2.63. The Kier molecular flexibility index (Phi) is 5.47. The minimum atomic E-state index is -0.649. The second-order valence-electron chi connectivity index (χ2n) is 5.87. The van der Waals surface area contributed by atoms with E-state index in [-0.39, 0.29) is 23.9 Å². The van der Waals surface area contributed by atoms with Gasteiger partial charge in [-0.1, -0.05) is 18.2 Å². The molecule has 2 aliphatic rings. The Bertz CT molecular complexity index is 515. The summed E-state index contributed by atoms with van der Waals surface area (Å²) in [7, 11) is 1.63.